The zero-order valence-corrected chi connectivity index (χ0v) is 22.6. The Labute approximate surface area is 215 Å². The zero-order chi connectivity index (χ0) is 22.2. The Morgan fingerprint density at radius 3 is 2.56 bits per heavy atom. The van der Waals surface area contributed by atoms with Crippen LogP contribution in [0.4, 0.5) is 5.69 Å². The van der Waals surface area contributed by atoms with E-state index in [-0.39, 0.29) is 41.8 Å². The van der Waals surface area contributed by atoms with E-state index in [2.05, 4.69) is 31.5 Å². The molecule has 1 amide bonds. The molecule has 0 radical (unpaired) electrons. The number of carbonyl (C=O) groups excluding carboxylic acids is 1. The molecule has 2 fully saturated rings. The van der Waals surface area contributed by atoms with Gasteiger partial charge in [-0.2, -0.15) is 0 Å². The van der Waals surface area contributed by atoms with Gasteiger partial charge in [-0.15, -0.1) is 24.0 Å². The fraction of sp³-hybridized carbons (Fsp3) is 0.652. The lowest BCUT2D eigenvalue weighted by molar-refractivity contribution is -0.133. The molecule has 0 saturated carbocycles. The van der Waals surface area contributed by atoms with Gasteiger partial charge in [-0.1, -0.05) is 37.6 Å². The normalized spacial score (nSPS) is 19.8. The third-order valence-corrected chi connectivity index (χ3v) is 6.39. The Hall–Kier alpha value is -1.26. The number of piperazine rings is 1. The maximum absolute atomic E-state index is 12.2. The number of carbonyl (C=O) groups is 1. The predicted octanol–water partition coefficient (Wildman–Crippen LogP) is 2.89. The molecule has 0 aliphatic carbocycles. The number of benzene rings is 1. The van der Waals surface area contributed by atoms with Crippen LogP contribution in [0.5, 0.6) is 0 Å². The molecule has 2 saturated heterocycles. The van der Waals surface area contributed by atoms with Crippen molar-refractivity contribution in [2.45, 2.75) is 32.7 Å². The Balaban J connectivity index is 0.00000363. The van der Waals surface area contributed by atoms with E-state index < -0.39 is 0 Å². The second kappa shape index (κ2) is 13.4. The molecule has 9 heteroatoms. The van der Waals surface area contributed by atoms with Crippen LogP contribution in [0.15, 0.2) is 29.3 Å². The molecule has 2 N–H and O–H groups in total. The SMILES string of the molecule is CN=C(NCCCN1CCN(c2ccccc2Cl)CC1)NC1CCN(C(=O)C(C)C)C1.I. The third-order valence-electron chi connectivity index (χ3n) is 6.07. The van der Waals surface area contributed by atoms with Gasteiger partial charge in [0.2, 0.25) is 5.91 Å². The first-order valence-electron chi connectivity index (χ1n) is 11.5. The molecular formula is C23H38ClIN6O. The molecule has 1 unspecified atom stereocenters. The van der Waals surface area contributed by atoms with Crippen LogP contribution >= 0.6 is 35.6 Å². The summed E-state index contributed by atoms with van der Waals surface area (Å²) in [6.07, 6.45) is 2.03. The van der Waals surface area contributed by atoms with Crippen molar-refractivity contribution in [2.75, 3.05) is 64.3 Å². The fourth-order valence-electron chi connectivity index (χ4n) is 4.26. The number of likely N-dealkylation sites (tertiary alicyclic amines) is 1. The molecule has 1 aromatic carbocycles. The van der Waals surface area contributed by atoms with Gasteiger partial charge in [0.15, 0.2) is 5.96 Å². The first-order valence-corrected chi connectivity index (χ1v) is 11.8. The Morgan fingerprint density at radius 1 is 1.19 bits per heavy atom. The second-order valence-corrected chi connectivity index (χ2v) is 9.11. The average molecular weight is 577 g/mol. The quantitative estimate of drug-likeness (QED) is 0.226. The van der Waals surface area contributed by atoms with Gasteiger partial charge in [0.25, 0.3) is 0 Å². The molecule has 0 bridgehead atoms. The summed E-state index contributed by atoms with van der Waals surface area (Å²) in [5, 5.41) is 7.73. The summed E-state index contributed by atoms with van der Waals surface area (Å²) in [5.41, 5.74) is 1.14. The van der Waals surface area contributed by atoms with Crippen LogP contribution in [0.1, 0.15) is 26.7 Å². The molecule has 1 atom stereocenters. The van der Waals surface area contributed by atoms with Gasteiger partial charge < -0.3 is 20.4 Å². The Morgan fingerprint density at radius 2 is 1.91 bits per heavy atom. The topological polar surface area (TPSA) is 63.2 Å². The van der Waals surface area contributed by atoms with Crippen LogP contribution in [0.25, 0.3) is 0 Å². The number of halogens is 2. The number of nitrogens with zero attached hydrogens (tertiary/aromatic N) is 4. The van der Waals surface area contributed by atoms with E-state index in [1.54, 1.807) is 7.05 Å². The average Bonchev–Trinajstić information content (AvgIpc) is 3.24. The minimum atomic E-state index is 0. The summed E-state index contributed by atoms with van der Waals surface area (Å²) in [6, 6.07) is 8.35. The van der Waals surface area contributed by atoms with E-state index in [1.807, 2.05) is 36.9 Å². The summed E-state index contributed by atoms with van der Waals surface area (Å²) in [7, 11) is 1.80. The van der Waals surface area contributed by atoms with Crippen molar-refractivity contribution < 1.29 is 4.79 Å². The maximum atomic E-state index is 12.2. The number of guanidine groups is 1. The van der Waals surface area contributed by atoms with E-state index in [9.17, 15) is 4.79 Å². The van der Waals surface area contributed by atoms with E-state index in [1.165, 1.54) is 0 Å². The number of amides is 1. The standard InChI is InChI=1S/C23H37ClN6O.HI/c1-18(2)22(31)30-12-9-19(17-30)27-23(25-3)26-10-6-11-28-13-15-29(16-14-28)21-8-5-4-7-20(21)24;/h4-5,7-8,18-19H,6,9-17H2,1-3H3,(H2,25,26,27);1H. The molecule has 2 heterocycles. The molecular weight excluding hydrogens is 539 g/mol. The van der Waals surface area contributed by atoms with Crippen LogP contribution in [-0.4, -0.2) is 87.1 Å². The summed E-state index contributed by atoms with van der Waals surface area (Å²) >= 11 is 6.34. The fourth-order valence-corrected chi connectivity index (χ4v) is 4.52. The molecule has 3 rings (SSSR count). The molecule has 1 aromatic rings. The van der Waals surface area contributed by atoms with Crippen molar-refractivity contribution in [3.05, 3.63) is 29.3 Å². The van der Waals surface area contributed by atoms with E-state index in [0.29, 0.717) is 0 Å². The second-order valence-electron chi connectivity index (χ2n) is 8.70. The Kier molecular flexibility index (Phi) is 11.3. The summed E-state index contributed by atoms with van der Waals surface area (Å²) in [4.78, 5) is 23.4. The highest BCUT2D eigenvalue weighted by molar-refractivity contribution is 14.0. The molecule has 2 aliphatic rings. The lowest BCUT2D eigenvalue weighted by Crippen LogP contribution is -2.48. The molecule has 2 aliphatic heterocycles. The largest absolute Gasteiger partial charge is 0.368 e. The van der Waals surface area contributed by atoms with Crippen LogP contribution in [0, 0.1) is 5.92 Å². The van der Waals surface area contributed by atoms with Crippen LogP contribution in [0.3, 0.4) is 0 Å². The highest BCUT2D eigenvalue weighted by Crippen LogP contribution is 2.26. The number of para-hydroxylation sites is 1. The van der Waals surface area contributed by atoms with E-state index >= 15 is 0 Å². The number of anilines is 1. The van der Waals surface area contributed by atoms with Crippen molar-refractivity contribution in [2.24, 2.45) is 10.9 Å². The van der Waals surface area contributed by atoms with Gasteiger partial charge in [0, 0.05) is 64.8 Å². The monoisotopic (exact) mass is 576 g/mol. The first kappa shape index (κ1) is 27.0. The molecule has 180 valence electrons. The summed E-state index contributed by atoms with van der Waals surface area (Å²) in [6.45, 7) is 11.6. The minimum absolute atomic E-state index is 0. The Bertz CT molecular complexity index is 754. The lowest BCUT2D eigenvalue weighted by atomic mass is 10.2. The molecule has 0 spiro atoms. The van der Waals surface area contributed by atoms with Crippen molar-refractivity contribution in [3.63, 3.8) is 0 Å². The molecule has 7 nitrogen and oxygen atoms in total. The minimum Gasteiger partial charge on any atom is -0.368 e. The number of aliphatic imine (C=N–C) groups is 1. The van der Waals surface area contributed by atoms with Gasteiger partial charge in [-0.05, 0) is 31.5 Å². The van der Waals surface area contributed by atoms with Gasteiger partial charge in [0.05, 0.1) is 10.7 Å². The van der Waals surface area contributed by atoms with Gasteiger partial charge in [-0.25, -0.2) is 0 Å². The van der Waals surface area contributed by atoms with Crippen molar-refractivity contribution in [1.82, 2.24) is 20.4 Å². The molecule has 32 heavy (non-hydrogen) atoms. The smallest absolute Gasteiger partial charge is 0.225 e. The predicted molar refractivity (Wildman–Crippen MR) is 144 cm³/mol. The zero-order valence-electron chi connectivity index (χ0n) is 19.5. The number of hydrogen-bond acceptors (Lipinski definition) is 4. The van der Waals surface area contributed by atoms with Gasteiger partial charge in [0.1, 0.15) is 0 Å². The van der Waals surface area contributed by atoms with Gasteiger partial charge >= 0.3 is 0 Å². The summed E-state index contributed by atoms with van der Waals surface area (Å²) in [5.74, 6) is 1.12. The van der Waals surface area contributed by atoms with Crippen molar-refractivity contribution >= 4 is 53.1 Å². The van der Waals surface area contributed by atoms with Crippen molar-refractivity contribution in [1.29, 1.82) is 0 Å². The highest BCUT2D eigenvalue weighted by atomic mass is 127. The van der Waals surface area contributed by atoms with Crippen LogP contribution < -0.4 is 15.5 Å². The maximum Gasteiger partial charge on any atom is 0.225 e. The number of hydrogen-bond donors (Lipinski definition) is 2. The van der Waals surface area contributed by atoms with Crippen LogP contribution in [-0.2, 0) is 4.79 Å². The summed E-state index contributed by atoms with van der Waals surface area (Å²) < 4.78 is 0. The van der Waals surface area contributed by atoms with Crippen molar-refractivity contribution in [3.8, 4) is 0 Å². The lowest BCUT2D eigenvalue weighted by Gasteiger charge is -2.36. The van der Waals surface area contributed by atoms with Gasteiger partial charge in [-0.3, -0.25) is 14.7 Å². The molecule has 0 aromatic heterocycles. The van der Waals surface area contributed by atoms with E-state index in [0.717, 1.165) is 81.9 Å². The number of nitrogens with one attached hydrogen (secondary N) is 2. The number of rotatable bonds is 7. The highest BCUT2D eigenvalue weighted by Gasteiger charge is 2.28. The third kappa shape index (κ3) is 7.66. The van der Waals surface area contributed by atoms with Crippen LogP contribution in [0.2, 0.25) is 5.02 Å². The first-order chi connectivity index (χ1) is 15.0. The van der Waals surface area contributed by atoms with E-state index in [4.69, 9.17) is 11.6 Å².